The zero-order valence-electron chi connectivity index (χ0n) is 15.5. The quantitative estimate of drug-likeness (QED) is 0.771. The van der Waals surface area contributed by atoms with E-state index < -0.39 is 16.5 Å². The highest BCUT2D eigenvalue weighted by molar-refractivity contribution is 8.15. The van der Waals surface area contributed by atoms with E-state index in [-0.39, 0.29) is 11.5 Å². The summed E-state index contributed by atoms with van der Waals surface area (Å²) in [5.41, 5.74) is 2.29. The van der Waals surface area contributed by atoms with Crippen LogP contribution in [0.25, 0.3) is 0 Å². The molecule has 2 aromatic carbocycles. The molecule has 1 unspecified atom stereocenters. The van der Waals surface area contributed by atoms with Gasteiger partial charge < -0.3 is 5.32 Å². The molecule has 1 atom stereocenters. The van der Waals surface area contributed by atoms with Gasteiger partial charge in [-0.2, -0.15) is 5.10 Å². The van der Waals surface area contributed by atoms with Crippen LogP contribution in [0.1, 0.15) is 36.0 Å². The number of hydrogen-bond donors (Lipinski definition) is 1. The van der Waals surface area contributed by atoms with Gasteiger partial charge in [0.2, 0.25) is 5.91 Å². The third-order valence-corrected chi connectivity index (χ3v) is 6.61. The van der Waals surface area contributed by atoms with Crippen LogP contribution in [0.3, 0.4) is 0 Å². The van der Waals surface area contributed by atoms with Crippen LogP contribution in [0.15, 0.2) is 47.6 Å². The van der Waals surface area contributed by atoms with Gasteiger partial charge in [-0.05, 0) is 62.2 Å². The predicted molar refractivity (Wildman–Crippen MR) is 107 cm³/mol. The molecule has 1 spiro atoms. The number of fused-ring (bicyclic) bond motifs is 2. The minimum absolute atomic E-state index is 0.0966. The molecule has 1 amide bonds. The molecule has 0 bridgehead atoms. The lowest BCUT2D eigenvalue weighted by Gasteiger charge is -2.32. The Morgan fingerprint density at radius 1 is 1.29 bits per heavy atom. The molecule has 0 aromatic heterocycles. The van der Waals surface area contributed by atoms with Crippen LogP contribution in [0.2, 0.25) is 0 Å². The molecule has 4 rings (SSSR count). The maximum absolute atomic E-state index is 14.4. The molecular formula is C21H21F2N3OS. The number of carbonyl (C=O) groups is 1. The van der Waals surface area contributed by atoms with Crippen molar-refractivity contribution in [3.05, 3.63) is 70.8 Å². The van der Waals surface area contributed by atoms with Crippen LogP contribution in [-0.4, -0.2) is 29.6 Å². The summed E-state index contributed by atoms with van der Waals surface area (Å²) in [7, 11) is 1.84. The molecule has 28 heavy (non-hydrogen) atoms. The van der Waals surface area contributed by atoms with Crippen molar-refractivity contribution >= 4 is 22.7 Å². The summed E-state index contributed by atoms with van der Waals surface area (Å²) in [4.78, 5) is 12.3. The molecule has 0 fully saturated rings. The van der Waals surface area contributed by atoms with Crippen molar-refractivity contribution in [1.82, 2.24) is 10.3 Å². The van der Waals surface area contributed by atoms with Crippen LogP contribution in [-0.2, 0) is 16.1 Å². The molecule has 146 valence electrons. The first kappa shape index (κ1) is 19.1. The molecule has 1 N–H and O–H groups in total. The average Bonchev–Trinajstić information content (AvgIpc) is 3.26. The van der Waals surface area contributed by atoms with Crippen molar-refractivity contribution in [2.75, 3.05) is 13.6 Å². The second kappa shape index (κ2) is 7.64. The Labute approximate surface area is 167 Å². The Balaban J connectivity index is 1.75. The maximum atomic E-state index is 14.4. The molecule has 0 saturated carbocycles. The Bertz CT molecular complexity index is 949. The summed E-state index contributed by atoms with van der Waals surface area (Å²) < 4.78 is 28.1. The first-order valence-electron chi connectivity index (χ1n) is 9.34. The van der Waals surface area contributed by atoms with Gasteiger partial charge in [0.05, 0.1) is 0 Å². The Morgan fingerprint density at radius 2 is 2.11 bits per heavy atom. The summed E-state index contributed by atoms with van der Waals surface area (Å²) in [5.74, 6) is -1.18. The molecule has 1 aliphatic carbocycles. The van der Waals surface area contributed by atoms with Gasteiger partial charge in [-0.1, -0.05) is 36.0 Å². The summed E-state index contributed by atoms with van der Waals surface area (Å²) in [6, 6.07) is 11.3. The summed E-state index contributed by atoms with van der Waals surface area (Å²) in [6.45, 7) is 0.728. The second-order valence-corrected chi connectivity index (χ2v) is 8.25. The number of thioether (sulfide) groups is 1. The minimum atomic E-state index is -0.693. The van der Waals surface area contributed by atoms with Crippen molar-refractivity contribution in [2.45, 2.75) is 30.6 Å². The van der Waals surface area contributed by atoms with Crippen LogP contribution < -0.4 is 5.32 Å². The zero-order chi connectivity index (χ0) is 19.7. The van der Waals surface area contributed by atoms with E-state index in [0.29, 0.717) is 24.3 Å². The molecule has 1 aliphatic heterocycles. The van der Waals surface area contributed by atoms with Crippen molar-refractivity contribution in [2.24, 2.45) is 5.10 Å². The first-order valence-corrected chi connectivity index (χ1v) is 10.2. The fourth-order valence-corrected chi connectivity index (χ4v) is 5.28. The Morgan fingerprint density at radius 3 is 2.93 bits per heavy atom. The van der Waals surface area contributed by atoms with Gasteiger partial charge in [-0.15, -0.1) is 0 Å². The number of amides is 1. The Kier molecular flexibility index (Phi) is 5.21. The largest absolute Gasteiger partial charge is 0.320 e. The molecule has 0 saturated heterocycles. The van der Waals surface area contributed by atoms with Gasteiger partial charge in [-0.3, -0.25) is 4.79 Å². The van der Waals surface area contributed by atoms with Gasteiger partial charge in [0.1, 0.15) is 21.5 Å². The van der Waals surface area contributed by atoms with E-state index in [2.05, 4.69) is 16.5 Å². The lowest BCUT2D eigenvalue weighted by Crippen LogP contribution is -2.39. The molecule has 2 aromatic rings. The number of aryl methyl sites for hydroxylation is 1. The minimum Gasteiger partial charge on any atom is -0.320 e. The molecule has 0 radical (unpaired) electrons. The van der Waals surface area contributed by atoms with Crippen molar-refractivity contribution in [1.29, 1.82) is 0 Å². The van der Waals surface area contributed by atoms with E-state index in [1.807, 2.05) is 25.2 Å². The maximum Gasteiger partial charge on any atom is 0.244 e. The third-order valence-electron chi connectivity index (χ3n) is 5.18. The van der Waals surface area contributed by atoms with Crippen LogP contribution in [0.5, 0.6) is 0 Å². The van der Waals surface area contributed by atoms with E-state index in [9.17, 15) is 13.6 Å². The number of carbonyl (C=O) groups excluding carboxylic acids is 1. The smallest absolute Gasteiger partial charge is 0.244 e. The Hall–Kier alpha value is -2.25. The van der Waals surface area contributed by atoms with Crippen LogP contribution in [0, 0.1) is 11.6 Å². The molecule has 7 heteroatoms. The number of nitrogens with zero attached hydrogens (tertiary/aromatic N) is 2. The van der Waals surface area contributed by atoms with E-state index in [1.54, 1.807) is 0 Å². The van der Waals surface area contributed by atoms with Crippen molar-refractivity contribution < 1.29 is 13.6 Å². The average molecular weight is 401 g/mol. The van der Waals surface area contributed by atoms with E-state index in [0.717, 1.165) is 36.7 Å². The molecule has 1 heterocycles. The number of halogens is 2. The van der Waals surface area contributed by atoms with Crippen LogP contribution in [0.4, 0.5) is 8.78 Å². The molecule has 2 aliphatic rings. The summed E-state index contributed by atoms with van der Waals surface area (Å²) in [5, 5.41) is 9.40. The van der Waals surface area contributed by atoms with Crippen molar-refractivity contribution in [3.8, 4) is 0 Å². The van der Waals surface area contributed by atoms with Gasteiger partial charge in [0.15, 0.2) is 0 Å². The fourth-order valence-electron chi connectivity index (χ4n) is 3.83. The highest BCUT2D eigenvalue weighted by Crippen LogP contribution is 2.55. The number of hydrazone groups is 1. The SMILES string of the molecule is CNCCCC(=O)N1N=C(c2cc(F)ccc2F)SC12CCc1ccccc12. The lowest BCUT2D eigenvalue weighted by atomic mass is 10.1. The number of nitrogens with one attached hydrogen (secondary N) is 1. The molecule has 4 nitrogen and oxygen atoms in total. The van der Waals surface area contributed by atoms with Crippen molar-refractivity contribution in [3.63, 3.8) is 0 Å². The van der Waals surface area contributed by atoms with Gasteiger partial charge >= 0.3 is 0 Å². The zero-order valence-corrected chi connectivity index (χ0v) is 16.4. The fraction of sp³-hybridized carbons (Fsp3) is 0.333. The van der Waals surface area contributed by atoms with Crippen LogP contribution >= 0.6 is 11.8 Å². The highest BCUT2D eigenvalue weighted by Gasteiger charge is 2.52. The molecular weight excluding hydrogens is 380 g/mol. The van der Waals surface area contributed by atoms with Gasteiger partial charge in [0.25, 0.3) is 0 Å². The first-order chi connectivity index (χ1) is 13.5. The van der Waals surface area contributed by atoms with E-state index in [1.165, 1.54) is 22.3 Å². The topological polar surface area (TPSA) is 44.7 Å². The predicted octanol–water partition coefficient (Wildman–Crippen LogP) is 4.00. The van der Waals surface area contributed by atoms with Gasteiger partial charge in [-0.25, -0.2) is 13.8 Å². The number of benzene rings is 2. The number of hydrogen-bond acceptors (Lipinski definition) is 4. The van der Waals surface area contributed by atoms with E-state index in [4.69, 9.17) is 0 Å². The second-order valence-electron chi connectivity index (χ2n) is 6.99. The highest BCUT2D eigenvalue weighted by atomic mass is 32.2. The number of rotatable bonds is 5. The standard InChI is InChI=1S/C21H21F2N3OS/c1-24-12-4-7-19(27)26-21(11-10-14-5-2-3-6-17(14)21)28-20(25-26)16-13-15(22)8-9-18(16)23/h2-3,5-6,8-9,13,24H,4,7,10-12H2,1H3. The van der Waals surface area contributed by atoms with E-state index >= 15 is 0 Å². The third kappa shape index (κ3) is 3.22. The summed E-state index contributed by atoms with van der Waals surface area (Å²) >= 11 is 1.35. The summed E-state index contributed by atoms with van der Waals surface area (Å²) in [6.07, 6.45) is 2.54. The van der Waals surface area contributed by atoms with Gasteiger partial charge in [0, 0.05) is 12.0 Å². The lowest BCUT2D eigenvalue weighted by molar-refractivity contribution is -0.134. The normalized spacial score (nSPS) is 20.5. The monoisotopic (exact) mass is 401 g/mol.